The largest absolute Gasteiger partial charge is 0.315 e. The zero-order valence-electron chi connectivity index (χ0n) is 9.66. The Labute approximate surface area is 93.9 Å². The Morgan fingerprint density at radius 3 is 2.56 bits per heavy atom. The van der Waals surface area contributed by atoms with Gasteiger partial charge in [0.2, 0.25) is 5.92 Å². The lowest BCUT2D eigenvalue weighted by Crippen LogP contribution is -2.25. The molecule has 0 N–H and O–H groups in total. The first-order valence-corrected chi connectivity index (χ1v) is 5.77. The topological polar surface area (TPSA) is 30.7 Å². The van der Waals surface area contributed by atoms with Crippen molar-refractivity contribution in [1.29, 1.82) is 0 Å². The lowest BCUT2D eigenvalue weighted by Gasteiger charge is -2.28. The van der Waals surface area contributed by atoms with Crippen LogP contribution in [0.3, 0.4) is 0 Å². The molecule has 90 valence electrons. The molecule has 3 nitrogen and oxygen atoms in total. The summed E-state index contributed by atoms with van der Waals surface area (Å²) >= 11 is 0. The molecule has 0 aliphatic heterocycles. The molecule has 5 heteroatoms. The predicted octanol–water partition coefficient (Wildman–Crippen LogP) is 3.15. The van der Waals surface area contributed by atoms with Crippen molar-refractivity contribution in [2.75, 3.05) is 0 Å². The van der Waals surface area contributed by atoms with E-state index in [0.29, 0.717) is 12.8 Å². The molecule has 1 heterocycles. The highest BCUT2D eigenvalue weighted by Gasteiger charge is 2.36. The number of rotatable bonds is 2. The highest BCUT2D eigenvalue weighted by atomic mass is 19.3. The van der Waals surface area contributed by atoms with Gasteiger partial charge < -0.3 is 4.57 Å². The van der Waals surface area contributed by atoms with Gasteiger partial charge in [0, 0.05) is 24.8 Å². The highest BCUT2D eigenvalue weighted by molar-refractivity contribution is 5.00. The molecule has 1 aliphatic carbocycles. The Bertz CT molecular complexity index is 350. The fourth-order valence-electron chi connectivity index (χ4n) is 2.24. The Morgan fingerprint density at radius 2 is 2.00 bits per heavy atom. The van der Waals surface area contributed by atoms with Crippen LogP contribution in [0, 0.1) is 0 Å². The van der Waals surface area contributed by atoms with Gasteiger partial charge in [-0.1, -0.05) is 0 Å². The number of hydrogen-bond acceptors (Lipinski definition) is 2. The van der Waals surface area contributed by atoms with Crippen molar-refractivity contribution in [3.8, 4) is 0 Å². The summed E-state index contributed by atoms with van der Waals surface area (Å²) < 4.78 is 28.1. The smallest absolute Gasteiger partial charge is 0.248 e. The van der Waals surface area contributed by atoms with Crippen molar-refractivity contribution in [1.82, 2.24) is 14.8 Å². The Hall–Kier alpha value is -1.00. The van der Waals surface area contributed by atoms with Crippen molar-refractivity contribution in [2.45, 2.75) is 57.4 Å². The Morgan fingerprint density at radius 1 is 1.38 bits per heavy atom. The minimum absolute atomic E-state index is 0.0252. The minimum atomic E-state index is -2.47. The van der Waals surface area contributed by atoms with E-state index >= 15 is 0 Å². The number of nitrogens with zero attached hydrogens (tertiary/aromatic N) is 3. The third-order valence-electron chi connectivity index (χ3n) is 3.24. The van der Waals surface area contributed by atoms with Gasteiger partial charge in [-0.05, 0) is 26.7 Å². The third-order valence-corrected chi connectivity index (χ3v) is 3.24. The van der Waals surface area contributed by atoms with Gasteiger partial charge in [0.05, 0.1) is 0 Å². The monoisotopic (exact) mass is 229 g/mol. The SMILES string of the molecule is CC(C)n1cnnc1C1CCC(F)(F)CC1. The summed E-state index contributed by atoms with van der Waals surface area (Å²) in [4.78, 5) is 0. The lowest BCUT2D eigenvalue weighted by atomic mass is 9.86. The van der Waals surface area contributed by atoms with Crippen molar-refractivity contribution < 1.29 is 8.78 Å². The van der Waals surface area contributed by atoms with Crippen LogP contribution < -0.4 is 0 Å². The van der Waals surface area contributed by atoms with Crippen LogP contribution >= 0.6 is 0 Å². The van der Waals surface area contributed by atoms with E-state index in [0.717, 1.165) is 5.82 Å². The minimum Gasteiger partial charge on any atom is -0.315 e. The molecule has 0 radical (unpaired) electrons. The average molecular weight is 229 g/mol. The zero-order chi connectivity index (χ0) is 11.8. The molecular formula is C11H17F2N3. The molecule has 16 heavy (non-hydrogen) atoms. The Balaban J connectivity index is 2.11. The van der Waals surface area contributed by atoms with Gasteiger partial charge in [0.1, 0.15) is 12.2 Å². The number of alkyl halides is 2. The van der Waals surface area contributed by atoms with E-state index in [1.807, 2.05) is 18.4 Å². The molecule has 0 aromatic carbocycles. The number of aromatic nitrogens is 3. The highest BCUT2D eigenvalue weighted by Crippen LogP contribution is 2.40. The van der Waals surface area contributed by atoms with E-state index in [2.05, 4.69) is 10.2 Å². The van der Waals surface area contributed by atoms with Crippen LogP contribution in [0.2, 0.25) is 0 Å². The molecule has 0 amide bonds. The summed E-state index contributed by atoms with van der Waals surface area (Å²) in [5.74, 6) is -1.46. The van der Waals surface area contributed by atoms with Crippen molar-refractivity contribution in [2.24, 2.45) is 0 Å². The van der Waals surface area contributed by atoms with Crippen molar-refractivity contribution in [3.63, 3.8) is 0 Å². The van der Waals surface area contributed by atoms with E-state index < -0.39 is 5.92 Å². The van der Waals surface area contributed by atoms with Gasteiger partial charge >= 0.3 is 0 Å². The summed E-state index contributed by atoms with van der Waals surface area (Å²) in [6.07, 6.45) is 2.66. The molecule has 0 saturated heterocycles. The van der Waals surface area contributed by atoms with Crippen LogP contribution in [0.1, 0.15) is 57.3 Å². The average Bonchev–Trinajstić information content (AvgIpc) is 2.66. The van der Waals surface area contributed by atoms with Crippen LogP contribution in [0.25, 0.3) is 0 Å². The van der Waals surface area contributed by atoms with E-state index in [4.69, 9.17) is 0 Å². The van der Waals surface area contributed by atoms with E-state index in [1.54, 1.807) is 6.33 Å². The molecule has 1 aliphatic rings. The summed E-state index contributed by atoms with van der Waals surface area (Å²) in [6, 6.07) is 0.285. The first-order chi connectivity index (χ1) is 7.49. The second-order valence-corrected chi connectivity index (χ2v) is 4.82. The predicted molar refractivity (Wildman–Crippen MR) is 56.6 cm³/mol. The maximum atomic E-state index is 13.0. The quantitative estimate of drug-likeness (QED) is 0.780. The number of halogens is 2. The van der Waals surface area contributed by atoms with Crippen LogP contribution in [0.4, 0.5) is 8.78 Å². The second-order valence-electron chi connectivity index (χ2n) is 4.82. The van der Waals surface area contributed by atoms with Crippen LogP contribution in [0.15, 0.2) is 6.33 Å². The maximum absolute atomic E-state index is 13.0. The first-order valence-electron chi connectivity index (χ1n) is 5.77. The summed E-state index contributed by atoms with van der Waals surface area (Å²) in [7, 11) is 0. The van der Waals surface area contributed by atoms with Crippen molar-refractivity contribution in [3.05, 3.63) is 12.2 Å². The van der Waals surface area contributed by atoms with Gasteiger partial charge in [0.15, 0.2) is 0 Å². The fourth-order valence-corrected chi connectivity index (χ4v) is 2.24. The summed E-state index contributed by atoms with van der Waals surface area (Å²) in [6.45, 7) is 4.09. The standard InChI is InChI=1S/C11H17F2N3/c1-8(2)16-7-14-15-10(16)9-3-5-11(12,13)6-4-9/h7-9H,3-6H2,1-2H3. The maximum Gasteiger partial charge on any atom is 0.248 e. The van der Waals surface area contributed by atoms with Gasteiger partial charge in [-0.2, -0.15) is 0 Å². The molecule has 1 aromatic heterocycles. The first kappa shape index (κ1) is 11.5. The zero-order valence-corrected chi connectivity index (χ0v) is 9.66. The normalized spacial score (nSPS) is 21.6. The van der Waals surface area contributed by atoms with E-state index in [9.17, 15) is 8.78 Å². The summed E-state index contributed by atoms with van der Waals surface area (Å²) in [5.41, 5.74) is 0. The molecular weight excluding hydrogens is 212 g/mol. The molecule has 0 unspecified atom stereocenters. The molecule has 2 rings (SSSR count). The Kier molecular flexibility index (Phi) is 2.95. The fraction of sp³-hybridized carbons (Fsp3) is 0.818. The van der Waals surface area contributed by atoms with E-state index in [-0.39, 0.29) is 24.8 Å². The molecule has 0 spiro atoms. The molecule has 0 bridgehead atoms. The molecule has 1 fully saturated rings. The third kappa shape index (κ3) is 2.23. The molecule has 0 atom stereocenters. The van der Waals surface area contributed by atoms with Gasteiger partial charge in [-0.25, -0.2) is 8.78 Å². The van der Waals surface area contributed by atoms with Gasteiger partial charge in [0.25, 0.3) is 0 Å². The van der Waals surface area contributed by atoms with Crippen LogP contribution in [-0.4, -0.2) is 20.7 Å². The second kappa shape index (κ2) is 4.11. The molecule has 1 saturated carbocycles. The van der Waals surface area contributed by atoms with Gasteiger partial charge in [-0.15, -0.1) is 10.2 Å². The van der Waals surface area contributed by atoms with Crippen LogP contribution in [-0.2, 0) is 0 Å². The van der Waals surface area contributed by atoms with E-state index in [1.165, 1.54) is 0 Å². The number of hydrogen-bond donors (Lipinski definition) is 0. The van der Waals surface area contributed by atoms with Crippen LogP contribution in [0.5, 0.6) is 0 Å². The molecule has 1 aromatic rings. The van der Waals surface area contributed by atoms with Crippen molar-refractivity contribution >= 4 is 0 Å². The van der Waals surface area contributed by atoms with Gasteiger partial charge in [-0.3, -0.25) is 0 Å². The lowest BCUT2D eigenvalue weighted by molar-refractivity contribution is -0.0390. The summed E-state index contributed by atoms with van der Waals surface area (Å²) in [5, 5.41) is 7.96.